The van der Waals surface area contributed by atoms with Crippen molar-refractivity contribution in [1.82, 2.24) is 15.1 Å². The molecule has 2 heterocycles. The predicted octanol–water partition coefficient (Wildman–Crippen LogP) is 1.23. The van der Waals surface area contributed by atoms with E-state index in [0.29, 0.717) is 18.1 Å². The van der Waals surface area contributed by atoms with Crippen molar-refractivity contribution in [3.63, 3.8) is 0 Å². The van der Waals surface area contributed by atoms with Crippen LogP contribution in [0.15, 0.2) is 18.3 Å². The van der Waals surface area contributed by atoms with E-state index in [0.717, 1.165) is 18.8 Å². The highest BCUT2D eigenvalue weighted by Crippen LogP contribution is 2.27. The molecule has 1 aromatic rings. The van der Waals surface area contributed by atoms with Crippen LogP contribution in [0.5, 0.6) is 0 Å². The fourth-order valence-corrected chi connectivity index (χ4v) is 3.36. The van der Waals surface area contributed by atoms with Gasteiger partial charge in [0, 0.05) is 37.4 Å². The van der Waals surface area contributed by atoms with Gasteiger partial charge in [0.25, 0.3) is 0 Å². The minimum atomic E-state index is 0.383. The number of nitrogens with two attached hydrogens (primary N) is 1. The van der Waals surface area contributed by atoms with Gasteiger partial charge >= 0.3 is 0 Å². The van der Waals surface area contributed by atoms with E-state index in [9.17, 15) is 0 Å². The highest BCUT2D eigenvalue weighted by molar-refractivity contribution is 5.33. The Balaban J connectivity index is 1.56. The molecule has 1 aliphatic heterocycles. The van der Waals surface area contributed by atoms with Crippen molar-refractivity contribution in [3.05, 3.63) is 18.3 Å². The van der Waals surface area contributed by atoms with Crippen LogP contribution in [0.25, 0.3) is 0 Å². The van der Waals surface area contributed by atoms with Crippen LogP contribution in [0.1, 0.15) is 32.1 Å². The molecule has 0 spiro atoms. The van der Waals surface area contributed by atoms with Crippen molar-refractivity contribution in [2.75, 3.05) is 18.4 Å². The molecule has 1 saturated heterocycles. The topological polar surface area (TPSA) is 67.1 Å². The second-order valence-corrected chi connectivity index (χ2v) is 5.81. The number of nitrogens with zero attached hydrogens (tertiary/aromatic N) is 3. The monoisotopic (exact) mass is 261 g/mol. The fourth-order valence-electron chi connectivity index (χ4n) is 3.36. The van der Waals surface area contributed by atoms with Gasteiger partial charge in [0.1, 0.15) is 5.82 Å². The number of hydrogen-bond acceptors (Lipinski definition) is 5. The van der Waals surface area contributed by atoms with E-state index in [1.807, 2.05) is 12.1 Å². The molecule has 3 atom stereocenters. The smallest absolute Gasteiger partial charge is 0.148 e. The molecule has 19 heavy (non-hydrogen) atoms. The van der Waals surface area contributed by atoms with Crippen molar-refractivity contribution < 1.29 is 0 Å². The number of rotatable bonds is 3. The summed E-state index contributed by atoms with van der Waals surface area (Å²) in [6, 6.07) is 5.51. The van der Waals surface area contributed by atoms with Crippen molar-refractivity contribution >= 4 is 5.82 Å². The second-order valence-electron chi connectivity index (χ2n) is 5.81. The van der Waals surface area contributed by atoms with Gasteiger partial charge in [-0.3, -0.25) is 4.90 Å². The summed E-state index contributed by atoms with van der Waals surface area (Å²) in [7, 11) is 0. The molecule has 1 aromatic heterocycles. The van der Waals surface area contributed by atoms with E-state index in [1.165, 1.54) is 32.2 Å². The highest BCUT2D eigenvalue weighted by Gasteiger charge is 2.30. The Bertz CT molecular complexity index is 396. The summed E-state index contributed by atoms with van der Waals surface area (Å²) in [6.45, 7) is 2.24. The first-order valence-electron chi connectivity index (χ1n) is 7.35. The van der Waals surface area contributed by atoms with Gasteiger partial charge in [-0.2, -0.15) is 5.10 Å². The maximum Gasteiger partial charge on any atom is 0.148 e. The first kappa shape index (κ1) is 12.8. The summed E-state index contributed by atoms with van der Waals surface area (Å²) < 4.78 is 0. The molecule has 0 aromatic carbocycles. The molecule has 5 nitrogen and oxygen atoms in total. The summed E-state index contributed by atoms with van der Waals surface area (Å²) in [5.41, 5.74) is 6.01. The van der Waals surface area contributed by atoms with E-state index in [-0.39, 0.29) is 0 Å². The summed E-state index contributed by atoms with van der Waals surface area (Å²) in [4.78, 5) is 2.58. The van der Waals surface area contributed by atoms with Gasteiger partial charge in [0.15, 0.2) is 0 Å². The molecular formula is C14H23N5. The van der Waals surface area contributed by atoms with Gasteiger partial charge in [0.2, 0.25) is 0 Å². The minimum Gasteiger partial charge on any atom is -0.366 e. The normalized spacial score (nSPS) is 32.4. The van der Waals surface area contributed by atoms with Crippen molar-refractivity contribution in [3.8, 4) is 0 Å². The van der Waals surface area contributed by atoms with Crippen molar-refractivity contribution in [1.29, 1.82) is 0 Å². The molecule has 2 unspecified atom stereocenters. The average molecular weight is 261 g/mol. The number of aromatic nitrogens is 2. The molecule has 104 valence electrons. The number of nitrogens with one attached hydrogen (secondary N) is 1. The Morgan fingerprint density at radius 3 is 3.00 bits per heavy atom. The molecule has 0 radical (unpaired) electrons. The van der Waals surface area contributed by atoms with Crippen LogP contribution in [-0.2, 0) is 0 Å². The lowest BCUT2D eigenvalue weighted by Gasteiger charge is -2.35. The zero-order valence-electron chi connectivity index (χ0n) is 11.3. The zero-order valence-corrected chi connectivity index (χ0v) is 11.3. The molecule has 2 aliphatic rings. The Kier molecular flexibility index (Phi) is 3.94. The summed E-state index contributed by atoms with van der Waals surface area (Å²) in [5, 5.41) is 11.5. The second kappa shape index (κ2) is 5.84. The van der Waals surface area contributed by atoms with Crippen LogP contribution >= 0.6 is 0 Å². The Hall–Kier alpha value is -1.20. The number of hydrogen-bond donors (Lipinski definition) is 2. The SMILES string of the molecule is N[C@@H]1CCN(C2CCCC(Nc3cccnn3)C2)C1. The minimum absolute atomic E-state index is 0.383. The van der Waals surface area contributed by atoms with Gasteiger partial charge in [-0.15, -0.1) is 5.10 Å². The van der Waals surface area contributed by atoms with E-state index in [2.05, 4.69) is 20.4 Å². The lowest BCUT2D eigenvalue weighted by atomic mass is 9.90. The lowest BCUT2D eigenvalue weighted by molar-refractivity contribution is 0.182. The third-order valence-electron chi connectivity index (χ3n) is 4.34. The van der Waals surface area contributed by atoms with Crippen LogP contribution in [0, 0.1) is 0 Å². The van der Waals surface area contributed by atoms with Crippen LogP contribution in [0.2, 0.25) is 0 Å². The van der Waals surface area contributed by atoms with Gasteiger partial charge in [-0.05, 0) is 44.2 Å². The van der Waals surface area contributed by atoms with Crippen LogP contribution in [0.4, 0.5) is 5.82 Å². The van der Waals surface area contributed by atoms with Crippen LogP contribution in [0.3, 0.4) is 0 Å². The molecule has 3 rings (SSSR count). The fraction of sp³-hybridized carbons (Fsp3) is 0.714. The van der Waals surface area contributed by atoms with Crippen molar-refractivity contribution in [2.24, 2.45) is 5.73 Å². The zero-order chi connectivity index (χ0) is 13.1. The van der Waals surface area contributed by atoms with E-state index >= 15 is 0 Å². The molecular weight excluding hydrogens is 238 g/mol. The average Bonchev–Trinajstić information content (AvgIpc) is 2.87. The number of likely N-dealkylation sites (tertiary alicyclic amines) is 1. The standard InChI is InChI=1S/C14H23N5/c15-11-6-8-19(10-11)13-4-1-3-12(9-13)17-14-5-2-7-16-18-14/h2,5,7,11-13H,1,3-4,6,8-10,15H2,(H,17,18)/t11-,12?,13?/m1/s1. The maximum absolute atomic E-state index is 6.01. The van der Waals surface area contributed by atoms with E-state index < -0.39 is 0 Å². The molecule has 3 N–H and O–H groups in total. The molecule has 5 heteroatoms. The van der Waals surface area contributed by atoms with Crippen LogP contribution < -0.4 is 11.1 Å². The largest absolute Gasteiger partial charge is 0.366 e. The van der Waals surface area contributed by atoms with Gasteiger partial charge in [-0.1, -0.05) is 0 Å². The van der Waals surface area contributed by atoms with Gasteiger partial charge in [-0.25, -0.2) is 0 Å². The molecule has 2 fully saturated rings. The molecule has 0 amide bonds. The van der Waals surface area contributed by atoms with Gasteiger partial charge < -0.3 is 11.1 Å². The number of anilines is 1. The van der Waals surface area contributed by atoms with Crippen molar-refractivity contribution in [2.45, 2.75) is 50.2 Å². The third kappa shape index (κ3) is 3.22. The first-order valence-corrected chi connectivity index (χ1v) is 7.35. The van der Waals surface area contributed by atoms with Crippen LogP contribution in [-0.4, -0.2) is 46.3 Å². The molecule has 1 saturated carbocycles. The molecule has 0 bridgehead atoms. The lowest BCUT2D eigenvalue weighted by Crippen LogP contribution is -2.42. The van der Waals surface area contributed by atoms with Gasteiger partial charge in [0.05, 0.1) is 0 Å². The Morgan fingerprint density at radius 2 is 2.26 bits per heavy atom. The predicted molar refractivity (Wildman–Crippen MR) is 75.9 cm³/mol. The Labute approximate surface area is 114 Å². The first-order chi connectivity index (χ1) is 9.31. The molecule has 1 aliphatic carbocycles. The van der Waals surface area contributed by atoms with E-state index in [1.54, 1.807) is 6.20 Å². The highest BCUT2D eigenvalue weighted by atomic mass is 15.2. The third-order valence-corrected chi connectivity index (χ3v) is 4.34. The quantitative estimate of drug-likeness (QED) is 0.856. The van der Waals surface area contributed by atoms with E-state index in [4.69, 9.17) is 5.73 Å². The summed E-state index contributed by atoms with van der Waals surface area (Å²) >= 11 is 0. The summed E-state index contributed by atoms with van der Waals surface area (Å²) in [6.07, 6.45) is 7.88. The summed E-state index contributed by atoms with van der Waals surface area (Å²) in [5.74, 6) is 0.895. The maximum atomic E-state index is 6.01. The Morgan fingerprint density at radius 1 is 1.32 bits per heavy atom.